The smallest absolute Gasteiger partial charge is 0.335 e. The molecular formula is C18H16N4O4S2. The van der Waals surface area contributed by atoms with E-state index in [1.807, 2.05) is 17.5 Å². The molecule has 144 valence electrons. The van der Waals surface area contributed by atoms with Gasteiger partial charge in [-0.2, -0.15) is 5.10 Å². The highest BCUT2D eigenvalue weighted by atomic mass is 32.2. The Morgan fingerprint density at radius 1 is 1.25 bits per heavy atom. The Morgan fingerprint density at radius 2 is 1.96 bits per heavy atom. The second-order valence-corrected chi connectivity index (χ2v) is 8.00. The Morgan fingerprint density at radius 3 is 2.57 bits per heavy atom. The first kappa shape index (κ1) is 19.8. The molecule has 0 spiro atoms. The maximum atomic E-state index is 12.6. The third-order valence-corrected chi connectivity index (χ3v) is 5.87. The molecule has 0 saturated carbocycles. The molecule has 28 heavy (non-hydrogen) atoms. The summed E-state index contributed by atoms with van der Waals surface area (Å²) in [7, 11) is 0. The van der Waals surface area contributed by atoms with Gasteiger partial charge in [-0.05, 0) is 42.6 Å². The molecule has 8 nitrogen and oxygen atoms in total. The number of carboxylic acid groups (broad SMARTS) is 1. The van der Waals surface area contributed by atoms with E-state index in [1.165, 1.54) is 35.6 Å². The molecule has 3 rings (SSSR count). The molecule has 1 aliphatic heterocycles. The van der Waals surface area contributed by atoms with Gasteiger partial charge in [-0.15, -0.1) is 16.4 Å². The molecule has 10 heteroatoms. The van der Waals surface area contributed by atoms with E-state index in [2.05, 4.69) is 10.2 Å². The summed E-state index contributed by atoms with van der Waals surface area (Å²) in [4.78, 5) is 37.8. The second kappa shape index (κ2) is 8.36. The summed E-state index contributed by atoms with van der Waals surface area (Å²) >= 11 is 2.51. The Bertz CT molecular complexity index is 968. The average Bonchev–Trinajstić information content (AvgIpc) is 3.29. The summed E-state index contributed by atoms with van der Waals surface area (Å²) in [5.74, 6) is -1.88. The third-order valence-electron chi connectivity index (χ3n) is 3.92. The van der Waals surface area contributed by atoms with Crippen molar-refractivity contribution in [3.63, 3.8) is 0 Å². The Labute approximate surface area is 168 Å². The van der Waals surface area contributed by atoms with Gasteiger partial charge in [0.1, 0.15) is 5.25 Å². The van der Waals surface area contributed by atoms with Gasteiger partial charge >= 0.3 is 5.97 Å². The van der Waals surface area contributed by atoms with Crippen LogP contribution in [0, 0.1) is 0 Å². The highest BCUT2D eigenvalue weighted by Gasteiger charge is 2.40. The minimum Gasteiger partial charge on any atom is -0.478 e. The van der Waals surface area contributed by atoms with Crippen molar-refractivity contribution in [2.75, 3.05) is 4.90 Å². The van der Waals surface area contributed by atoms with E-state index in [0.717, 1.165) is 21.5 Å². The quantitative estimate of drug-likeness (QED) is 0.334. The Hall–Kier alpha value is -2.98. The molecule has 3 N–H and O–H groups in total. The highest BCUT2D eigenvalue weighted by molar-refractivity contribution is 8.14. The fraction of sp³-hybridized carbons (Fsp3) is 0.167. The summed E-state index contributed by atoms with van der Waals surface area (Å²) < 4.78 is 0. The lowest BCUT2D eigenvalue weighted by Gasteiger charge is -2.14. The molecule has 1 aromatic carbocycles. The fourth-order valence-corrected chi connectivity index (χ4v) is 4.03. The van der Waals surface area contributed by atoms with Crippen molar-refractivity contribution in [1.29, 1.82) is 0 Å². The van der Waals surface area contributed by atoms with Crippen molar-refractivity contribution in [3.8, 4) is 0 Å². The number of amides is 2. The van der Waals surface area contributed by atoms with Crippen molar-refractivity contribution in [3.05, 3.63) is 52.2 Å². The maximum Gasteiger partial charge on any atom is 0.335 e. The zero-order valence-corrected chi connectivity index (χ0v) is 16.4. The highest BCUT2D eigenvalue weighted by Crippen LogP contribution is 2.30. The van der Waals surface area contributed by atoms with Crippen LogP contribution < -0.4 is 10.6 Å². The van der Waals surface area contributed by atoms with Gasteiger partial charge in [0, 0.05) is 6.42 Å². The van der Waals surface area contributed by atoms with Gasteiger partial charge in [0.25, 0.3) is 0 Å². The topological polar surface area (TPSA) is 125 Å². The number of thioether (sulfide) groups is 1. The number of rotatable bonds is 5. The molecule has 0 bridgehead atoms. The predicted octanol–water partition coefficient (Wildman–Crippen LogP) is 2.55. The lowest BCUT2D eigenvalue weighted by Crippen LogP contribution is -2.31. The minimum absolute atomic E-state index is 0.0198. The fourth-order valence-electron chi connectivity index (χ4n) is 2.55. The lowest BCUT2D eigenvalue weighted by atomic mass is 10.2. The van der Waals surface area contributed by atoms with Crippen LogP contribution in [0.25, 0.3) is 0 Å². The van der Waals surface area contributed by atoms with Crippen LogP contribution >= 0.6 is 23.1 Å². The van der Waals surface area contributed by atoms with E-state index in [4.69, 9.17) is 10.8 Å². The van der Waals surface area contributed by atoms with Crippen molar-refractivity contribution < 1.29 is 19.5 Å². The number of aromatic carboxylic acids is 1. The van der Waals surface area contributed by atoms with Crippen molar-refractivity contribution in [2.45, 2.75) is 18.6 Å². The number of thiophene rings is 1. The number of imide groups is 1. The number of carboxylic acids is 1. The van der Waals surface area contributed by atoms with Crippen molar-refractivity contribution in [2.24, 2.45) is 15.9 Å². The van der Waals surface area contributed by atoms with E-state index in [0.29, 0.717) is 11.4 Å². The van der Waals surface area contributed by atoms with E-state index in [1.54, 1.807) is 6.92 Å². The molecule has 2 aromatic rings. The first-order valence-electron chi connectivity index (χ1n) is 8.15. The number of hydrogen-bond acceptors (Lipinski definition) is 7. The zero-order valence-electron chi connectivity index (χ0n) is 14.7. The molecule has 2 amide bonds. The van der Waals surface area contributed by atoms with Gasteiger partial charge in [0.2, 0.25) is 11.8 Å². The molecule has 1 saturated heterocycles. The number of carbonyl (C=O) groups excluding carboxylic acids is 2. The summed E-state index contributed by atoms with van der Waals surface area (Å²) in [6, 6.07) is 9.36. The summed E-state index contributed by atoms with van der Waals surface area (Å²) in [5.41, 5.74) is 6.96. The van der Waals surface area contributed by atoms with E-state index in [9.17, 15) is 14.4 Å². The van der Waals surface area contributed by atoms with Crippen LogP contribution in [0.5, 0.6) is 0 Å². The molecule has 2 heterocycles. The number of hydrogen-bond donors (Lipinski definition) is 2. The van der Waals surface area contributed by atoms with Gasteiger partial charge in [-0.3, -0.25) is 9.59 Å². The van der Waals surface area contributed by atoms with Gasteiger partial charge < -0.3 is 10.8 Å². The van der Waals surface area contributed by atoms with Crippen LogP contribution in [-0.4, -0.2) is 39.0 Å². The molecule has 1 atom stereocenters. The predicted molar refractivity (Wildman–Crippen MR) is 110 cm³/mol. The summed E-state index contributed by atoms with van der Waals surface area (Å²) in [5, 5.41) is 18.3. The van der Waals surface area contributed by atoms with E-state index >= 15 is 0 Å². The average molecular weight is 416 g/mol. The first-order chi connectivity index (χ1) is 13.4. The van der Waals surface area contributed by atoms with Crippen molar-refractivity contribution >= 4 is 57.4 Å². The third kappa shape index (κ3) is 4.29. The van der Waals surface area contributed by atoms with Crippen LogP contribution in [0.3, 0.4) is 0 Å². The molecular weight excluding hydrogens is 400 g/mol. The Kier molecular flexibility index (Phi) is 5.90. The van der Waals surface area contributed by atoms with Crippen LogP contribution in [0.15, 0.2) is 52.0 Å². The zero-order chi connectivity index (χ0) is 20.3. The molecule has 0 radical (unpaired) electrons. The molecule has 0 aliphatic carbocycles. The standard InChI is InChI=1S/C18H16N4O4S2/c1-10(13-3-2-8-27-13)20-21-18(19)28-14-9-15(23)22(16(14)24)12-6-4-11(5-7-12)17(25)26/h2-8,14H,9H2,1H3,(H2,19,21)(H,25,26)/b20-10-/t14-/m0/s1. The first-order valence-corrected chi connectivity index (χ1v) is 9.91. The number of nitrogens with zero attached hydrogens (tertiary/aromatic N) is 3. The molecule has 1 fully saturated rings. The van der Waals surface area contributed by atoms with Crippen LogP contribution in [-0.2, 0) is 9.59 Å². The Balaban J connectivity index is 1.70. The summed E-state index contributed by atoms with van der Waals surface area (Å²) in [6.07, 6.45) is -0.0198. The van der Waals surface area contributed by atoms with Gasteiger partial charge in [0.05, 0.1) is 21.8 Å². The van der Waals surface area contributed by atoms with Gasteiger partial charge in [-0.25, -0.2) is 9.69 Å². The number of nitrogens with two attached hydrogens (primary N) is 1. The van der Waals surface area contributed by atoms with Crippen LogP contribution in [0.1, 0.15) is 28.6 Å². The number of carbonyl (C=O) groups is 3. The maximum absolute atomic E-state index is 12.6. The number of benzene rings is 1. The number of anilines is 1. The lowest BCUT2D eigenvalue weighted by molar-refractivity contribution is -0.121. The minimum atomic E-state index is -1.08. The van der Waals surface area contributed by atoms with Crippen LogP contribution in [0.4, 0.5) is 5.69 Å². The molecule has 1 aliphatic rings. The summed E-state index contributed by atoms with van der Waals surface area (Å²) in [6.45, 7) is 1.81. The normalized spacial score (nSPS) is 18.0. The SMILES string of the molecule is C/C(=N/N=C(/N)S[C@H]1CC(=O)N(c2ccc(C(=O)O)cc2)C1=O)c1cccs1. The number of amidine groups is 1. The molecule has 1 aromatic heterocycles. The van der Waals surface area contributed by atoms with E-state index in [-0.39, 0.29) is 23.1 Å². The molecule has 0 unspecified atom stereocenters. The monoisotopic (exact) mass is 416 g/mol. The second-order valence-electron chi connectivity index (χ2n) is 5.83. The van der Waals surface area contributed by atoms with Gasteiger partial charge in [-0.1, -0.05) is 17.8 Å². The largest absolute Gasteiger partial charge is 0.478 e. The van der Waals surface area contributed by atoms with E-state index < -0.39 is 17.1 Å². The van der Waals surface area contributed by atoms with Gasteiger partial charge in [0.15, 0.2) is 5.17 Å². The van der Waals surface area contributed by atoms with Crippen molar-refractivity contribution in [1.82, 2.24) is 0 Å². The van der Waals surface area contributed by atoms with Crippen LogP contribution in [0.2, 0.25) is 0 Å².